The molecule has 3 N–H and O–H groups in total. The molecule has 3 aliphatic rings. The minimum absolute atomic E-state index is 0.0196. The van der Waals surface area contributed by atoms with Crippen molar-refractivity contribution in [3.05, 3.63) is 28.8 Å². The number of aliphatic imine (C=N–C) groups is 1. The number of rotatable bonds is 4. The molecule has 0 aromatic heterocycles. The molecule has 2 aliphatic heterocycles. The second kappa shape index (κ2) is 7.15. The Morgan fingerprint density at radius 3 is 2.80 bits per heavy atom. The molecule has 0 saturated heterocycles. The van der Waals surface area contributed by atoms with Crippen molar-refractivity contribution in [2.45, 2.75) is 64.1 Å². The minimum Gasteiger partial charge on any atom is -0.487 e. The second-order valence-corrected chi connectivity index (χ2v) is 10.3. The van der Waals surface area contributed by atoms with Crippen LogP contribution in [0.4, 0.5) is 0 Å². The quantitative estimate of drug-likeness (QED) is 0.764. The summed E-state index contributed by atoms with van der Waals surface area (Å²) in [5, 5.41) is 3.76. The molecule has 1 saturated carbocycles. The van der Waals surface area contributed by atoms with Gasteiger partial charge in [0.05, 0.1) is 18.0 Å². The van der Waals surface area contributed by atoms with Crippen molar-refractivity contribution in [2.24, 2.45) is 22.6 Å². The lowest BCUT2D eigenvalue weighted by Crippen LogP contribution is -2.50. The number of benzene rings is 1. The highest BCUT2D eigenvalue weighted by atomic mass is 35.5. The molecule has 2 heterocycles. The van der Waals surface area contributed by atoms with Crippen molar-refractivity contribution >= 4 is 29.4 Å². The van der Waals surface area contributed by atoms with E-state index in [4.69, 9.17) is 22.1 Å². The summed E-state index contributed by atoms with van der Waals surface area (Å²) in [6.07, 6.45) is 1.68. The Morgan fingerprint density at radius 2 is 2.10 bits per heavy atom. The lowest BCUT2D eigenvalue weighted by molar-refractivity contribution is -0.130. The van der Waals surface area contributed by atoms with Crippen LogP contribution in [-0.2, 0) is 9.59 Å². The van der Waals surface area contributed by atoms with E-state index in [9.17, 15) is 9.59 Å². The molecule has 1 aromatic carbocycles. The first-order chi connectivity index (χ1) is 14.0. The van der Waals surface area contributed by atoms with Gasteiger partial charge >= 0.3 is 0 Å². The van der Waals surface area contributed by atoms with Crippen molar-refractivity contribution in [3.8, 4) is 5.75 Å². The molecular weight excluding hydrogens is 404 g/mol. The van der Waals surface area contributed by atoms with Crippen molar-refractivity contribution < 1.29 is 14.3 Å². The third-order valence-electron chi connectivity index (χ3n) is 6.01. The topological polar surface area (TPSA) is 97.0 Å². The fraction of sp³-hybridized carbons (Fsp3) is 0.591. The van der Waals surface area contributed by atoms with E-state index < -0.39 is 11.1 Å². The molecule has 2 amide bonds. The summed E-state index contributed by atoms with van der Waals surface area (Å²) in [5.74, 6) is 0.843. The molecule has 3 atom stereocenters. The van der Waals surface area contributed by atoms with Crippen LogP contribution in [0.15, 0.2) is 23.2 Å². The normalized spacial score (nSPS) is 28.8. The number of guanidine groups is 1. The second-order valence-electron chi connectivity index (χ2n) is 9.84. The molecule has 1 aromatic rings. The van der Waals surface area contributed by atoms with Crippen LogP contribution in [0.3, 0.4) is 0 Å². The summed E-state index contributed by atoms with van der Waals surface area (Å²) in [7, 11) is 0. The van der Waals surface area contributed by atoms with E-state index in [0.717, 1.165) is 12.0 Å². The first kappa shape index (κ1) is 21.0. The maximum Gasteiger partial charge on any atom is 0.231 e. The van der Waals surface area contributed by atoms with Crippen molar-refractivity contribution in [2.75, 3.05) is 6.54 Å². The zero-order valence-electron chi connectivity index (χ0n) is 17.9. The van der Waals surface area contributed by atoms with Crippen LogP contribution < -0.4 is 15.8 Å². The highest BCUT2D eigenvalue weighted by Gasteiger charge is 2.47. The lowest BCUT2D eigenvalue weighted by atomic mass is 9.89. The van der Waals surface area contributed by atoms with Gasteiger partial charge in [0.2, 0.25) is 11.8 Å². The number of hydrogen-bond acceptors (Lipinski definition) is 5. The highest BCUT2D eigenvalue weighted by Crippen LogP contribution is 2.45. The number of nitrogens with two attached hydrogens (primary N) is 1. The van der Waals surface area contributed by atoms with Gasteiger partial charge in [-0.2, -0.15) is 0 Å². The number of ether oxygens (including phenoxy) is 1. The Morgan fingerprint density at radius 1 is 1.37 bits per heavy atom. The molecule has 4 rings (SSSR count). The predicted octanol–water partition coefficient (Wildman–Crippen LogP) is 3.02. The van der Waals surface area contributed by atoms with E-state index in [1.165, 1.54) is 4.90 Å². The lowest BCUT2D eigenvalue weighted by Gasteiger charge is -2.38. The van der Waals surface area contributed by atoms with Gasteiger partial charge in [0.25, 0.3) is 0 Å². The molecule has 30 heavy (non-hydrogen) atoms. The number of nitrogens with zero attached hydrogens (tertiary/aromatic N) is 2. The third kappa shape index (κ3) is 4.13. The van der Waals surface area contributed by atoms with Gasteiger partial charge < -0.3 is 15.8 Å². The maximum absolute atomic E-state index is 13.0. The molecule has 0 bridgehead atoms. The van der Waals surface area contributed by atoms with Crippen LogP contribution in [-0.4, -0.2) is 40.4 Å². The number of amides is 2. The first-order valence-electron chi connectivity index (χ1n) is 10.4. The van der Waals surface area contributed by atoms with Crippen molar-refractivity contribution in [1.29, 1.82) is 0 Å². The minimum atomic E-state index is -0.472. The molecule has 1 fully saturated rings. The fourth-order valence-electron chi connectivity index (χ4n) is 4.48. The van der Waals surface area contributed by atoms with Crippen LogP contribution in [0.5, 0.6) is 5.75 Å². The average Bonchev–Trinajstić information content (AvgIpc) is 3.35. The van der Waals surface area contributed by atoms with Crippen LogP contribution >= 0.6 is 11.6 Å². The Balaban J connectivity index is 1.42. The summed E-state index contributed by atoms with van der Waals surface area (Å²) in [4.78, 5) is 31.4. The number of fused-ring (bicyclic) bond motifs is 1. The van der Waals surface area contributed by atoms with Crippen LogP contribution in [0.1, 0.15) is 58.6 Å². The van der Waals surface area contributed by atoms with Gasteiger partial charge in [0.15, 0.2) is 5.96 Å². The largest absolute Gasteiger partial charge is 0.487 e. The average molecular weight is 433 g/mol. The van der Waals surface area contributed by atoms with Gasteiger partial charge in [-0.1, -0.05) is 17.7 Å². The summed E-state index contributed by atoms with van der Waals surface area (Å²) in [6, 6.07) is 5.33. The van der Waals surface area contributed by atoms with Crippen molar-refractivity contribution in [1.82, 2.24) is 10.2 Å². The highest BCUT2D eigenvalue weighted by molar-refractivity contribution is 6.31. The molecular formula is C22H29ClN4O3. The number of carbonyl (C=O) groups excluding carboxylic acids is 2. The van der Waals surface area contributed by atoms with Gasteiger partial charge in [0.1, 0.15) is 11.4 Å². The Labute approximate surface area is 182 Å². The smallest absolute Gasteiger partial charge is 0.231 e. The van der Waals surface area contributed by atoms with Gasteiger partial charge in [0, 0.05) is 29.5 Å². The molecule has 8 heteroatoms. The van der Waals surface area contributed by atoms with Gasteiger partial charge in [-0.3, -0.25) is 14.5 Å². The van der Waals surface area contributed by atoms with Crippen LogP contribution in [0.2, 0.25) is 5.02 Å². The number of nitrogens with one attached hydrogen (secondary N) is 1. The van der Waals surface area contributed by atoms with E-state index in [1.807, 2.05) is 45.9 Å². The van der Waals surface area contributed by atoms with E-state index in [1.54, 1.807) is 0 Å². The molecule has 0 radical (unpaired) electrons. The summed E-state index contributed by atoms with van der Waals surface area (Å²) in [5.41, 5.74) is 5.97. The Bertz CT molecular complexity index is 927. The van der Waals surface area contributed by atoms with Gasteiger partial charge in [-0.25, -0.2) is 4.99 Å². The fourth-order valence-corrected chi connectivity index (χ4v) is 4.78. The zero-order valence-corrected chi connectivity index (χ0v) is 18.6. The summed E-state index contributed by atoms with van der Waals surface area (Å²) >= 11 is 6.42. The Kier molecular flexibility index (Phi) is 5.00. The van der Waals surface area contributed by atoms with Crippen LogP contribution in [0, 0.1) is 11.8 Å². The van der Waals surface area contributed by atoms with Crippen LogP contribution in [0.25, 0.3) is 0 Å². The maximum atomic E-state index is 13.0. The molecule has 1 aliphatic carbocycles. The number of hydrogen-bond donors (Lipinski definition) is 2. The first-order valence-corrected chi connectivity index (χ1v) is 10.8. The predicted molar refractivity (Wildman–Crippen MR) is 115 cm³/mol. The Hall–Kier alpha value is -2.28. The molecule has 162 valence electrons. The standard InChI is InChI=1S/C22H29ClN4O3/c1-21(2)10-17(28)27(20(24)26-21)11-12-8-13(12)19(29)25-15-9-22(3,4)30-16-7-5-6-14(23)18(15)16/h5-7,12-13,15H,8-11H2,1-4H3,(H2,24,26)(H,25,29)/t12-,13?,15+/m1/s1. The molecule has 7 nitrogen and oxygen atoms in total. The number of halogens is 1. The molecule has 0 spiro atoms. The zero-order chi connectivity index (χ0) is 21.8. The summed E-state index contributed by atoms with van der Waals surface area (Å²) in [6.45, 7) is 8.21. The van der Waals surface area contributed by atoms with Gasteiger partial charge in [-0.05, 0) is 52.2 Å². The SMILES string of the molecule is CC1(C)CC(=O)N(C[C@H]2CC2C(=O)N[C@H]2CC(C)(C)Oc3cccc(Cl)c32)C(N)=N1. The monoisotopic (exact) mass is 432 g/mol. The van der Waals surface area contributed by atoms with Gasteiger partial charge in [-0.15, -0.1) is 0 Å². The third-order valence-corrected chi connectivity index (χ3v) is 6.34. The molecule has 1 unspecified atom stereocenters. The van der Waals surface area contributed by atoms with Crippen molar-refractivity contribution in [3.63, 3.8) is 0 Å². The van der Waals surface area contributed by atoms with E-state index in [0.29, 0.717) is 30.2 Å². The summed E-state index contributed by atoms with van der Waals surface area (Å²) < 4.78 is 6.04. The van der Waals surface area contributed by atoms with E-state index in [-0.39, 0.29) is 35.7 Å². The van der Waals surface area contributed by atoms with E-state index >= 15 is 0 Å². The number of carbonyl (C=O) groups is 2. The van der Waals surface area contributed by atoms with E-state index in [2.05, 4.69) is 10.3 Å².